The second-order valence-electron chi connectivity index (χ2n) is 9.66. The highest BCUT2D eigenvalue weighted by Crippen LogP contribution is 2.37. The summed E-state index contributed by atoms with van der Waals surface area (Å²) in [4.78, 5) is 38.5. The van der Waals surface area contributed by atoms with Gasteiger partial charge in [0.1, 0.15) is 17.3 Å². The van der Waals surface area contributed by atoms with Gasteiger partial charge in [0.2, 0.25) is 18.7 Å². The Labute approximate surface area is 259 Å². The summed E-state index contributed by atoms with van der Waals surface area (Å²) in [5, 5.41) is 12.2. The highest BCUT2D eigenvalue weighted by molar-refractivity contribution is 8.04. The lowest BCUT2D eigenvalue weighted by molar-refractivity contribution is -0.131. The van der Waals surface area contributed by atoms with Gasteiger partial charge in [-0.3, -0.25) is 19.4 Å². The van der Waals surface area contributed by atoms with Gasteiger partial charge in [-0.2, -0.15) is 8.78 Å². The Kier molecular flexibility index (Phi) is 16.4. The van der Waals surface area contributed by atoms with Crippen LogP contribution in [0.25, 0.3) is 0 Å². The van der Waals surface area contributed by atoms with Gasteiger partial charge in [-0.1, -0.05) is 24.3 Å². The van der Waals surface area contributed by atoms with E-state index < -0.39 is 6.61 Å². The molecule has 5 rings (SSSR count). The largest absolute Gasteiger partial charge is 0.457 e. The molecule has 2 aromatic carbocycles. The molecule has 1 saturated heterocycles. The molecular weight excluding hydrogens is 597 g/mol. The van der Waals surface area contributed by atoms with Gasteiger partial charge in [-0.15, -0.1) is 11.8 Å². The summed E-state index contributed by atoms with van der Waals surface area (Å²) in [7, 11) is 0. The molecule has 1 fully saturated rings. The lowest BCUT2D eigenvalue weighted by atomic mass is 10.1. The fourth-order valence-corrected chi connectivity index (χ4v) is 5.48. The second kappa shape index (κ2) is 20.0. The van der Waals surface area contributed by atoms with Crippen LogP contribution in [0.2, 0.25) is 0 Å². The predicted octanol–water partition coefficient (Wildman–Crippen LogP) is 4.82. The fourth-order valence-electron chi connectivity index (χ4n) is 4.28. The molecule has 3 unspecified atom stereocenters. The Morgan fingerprint density at radius 1 is 1.16 bits per heavy atom. The maximum absolute atomic E-state index is 12.6. The summed E-state index contributed by atoms with van der Waals surface area (Å²) in [5.41, 5.74) is 1.13. The van der Waals surface area contributed by atoms with Crippen LogP contribution in [0.3, 0.4) is 0 Å². The molecule has 3 amide bonds. The highest BCUT2D eigenvalue weighted by Gasteiger charge is 2.26. The molecule has 0 aliphatic carbocycles. The lowest BCUT2D eigenvalue weighted by Crippen LogP contribution is -2.39. The van der Waals surface area contributed by atoms with Crippen molar-refractivity contribution in [1.82, 2.24) is 15.5 Å². The third kappa shape index (κ3) is 13.9. The van der Waals surface area contributed by atoms with E-state index in [-0.39, 0.29) is 18.3 Å². The molecule has 3 heterocycles. The van der Waals surface area contributed by atoms with Crippen molar-refractivity contribution >= 4 is 36.7 Å². The first-order valence-electron chi connectivity index (χ1n) is 13.8. The number of carbonyl (C=O) groups is 3. The molecule has 3 N–H and O–H groups in total. The topological polar surface area (TPSA) is 120 Å². The minimum Gasteiger partial charge on any atom is -0.457 e. The Morgan fingerprint density at radius 3 is 2.45 bits per heavy atom. The number of rotatable bonds is 8. The zero-order valence-electron chi connectivity index (χ0n) is 24.4. The van der Waals surface area contributed by atoms with Gasteiger partial charge < -0.3 is 25.4 Å². The number of ether oxygens (including phenoxy) is 1. The molecule has 0 spiro atoms. The quantitative estimate of drug-likeness (QED) is 0.359. The van der Waals surface area contributed by atoms with E-state index in [0.717, 1.165) is 37.1 Å². The zero-order valence-corrected chi connectivity index (χ0v) is 25.3. The average molecular weight is 635 g/mol. The van der Waals surface area contributed by atoms with Gasteiger partial charge in [0.15, 0.2) is 0 Å². The number of likely N-dealkylation sites (tertiary alicyclic amines) is 1. The summed E-state index contributed by atoms with van der Waals surface area (Å²) in [5.74, 6) is 1.58. The van der Waals surface area contributed by atoms with Gasteiger partial charge in [-0.05, 0) is 68.7 Å². The Hall–Kier alpha value is -4.10. The molecule has 3 aliphatic rings. The predicted molar refractivity (Wildman–Crippen MR) is 165 cm³/mol. The third-order valence-electron chi connectivity index (χ3n) is 6.27. The van der Waals surface area contributed by atoms with E-state index in [0.29, 0.717) is 35.9 Å². The number of aryl methyl sites for hydroxylation is 1. The van der Waals surface area contributed by atoms with Crippen LogP contribution in [0.5, 0.6) is 11.5 Å². The number of nitrogens with zero attached hydrogens (tertiary/aromatic N) is 2. The third-order valence-corrected chi connectivity index (χ3v) is 7.60. The number of carbonyl (C=O) groups excluding carboxylic acids is 3. The number of alkyl halides is 2. The van der Waals surface area contributed by atoms with E-state index >= 15 is 0 Å². The monoisotopic (exact) mass is 634 g/mol. The molecule has 2 aromatic rings. The number of amides is 3. The summed E-state index contributed by atoms with van der Waals surface area (Å²) < 4.78 is 38.0. The zero-order chi connectivity index (χ0) is 32.3. The minimum absolute atomic E-state index is 0.0205. The molecule has 3 aliphatic heterocycles. The molecule has 44 heavy (non-hydrogen) atoms. The van der Waals surface area contributed by atoms with Gasteiger partial charge >= 0.3 is 6.61 Å². The number of allylic oxidation sites excluding steroid dienone is 1. The van der Waals surface area contributed by atoms with Crippen LogP contribution in [-0.2, 0) is 14.4 Å². The number of aliphatic imine (C=N–C) groups is 1. The van der Waals surface area contributed by atoms with Crippen molar-refractivity contribution in [3.63, 3.8) is 0 Å². The van der Waals surface area contributed by atoms with E-state index in [9.17, 15) is 27.6 Å². The first-order chi connectivity index (χ1) is 21.1. The molecule has 3 atom stereocenters. The molecule has 0 radical (unpaired) electrons. The van der Waals surface area contributed by atoms with Crippen LogP contribution < -0.4 is 15.4 Å². The van der Waals surface area contributed by atoms with Gasteiger partial charge in [0, 0.05) is 47.6 Å². The van der Waals surface area contributed by atoms with Crippen molar-refractivity contribution in [2.45, 2.75) is 44.6 Å². The van der Waals surface area contributed by atoms with Crippen LogP contribution in [0.1, 0.15) is 25.3 Å². The number of halogens is 3. The average Bonchev–Trinajstić information content (AvgIpc) is 3.62. The Bertz CT molecular complexity index is 1270. The normalized spacial score (nSPS) is 19.1. The standard InChI is InChI=1S/C13H11FO.C9H10N2OS.C8H14N2O2.CH2F2O/c1-10-3-2-4-13(9-10)15-12-7-5-11(14)6-8-12;12-6-11-5-8-3-7-4-10-2-1-9(7)13-8;1-7-3-2-4-10(7)8(12)5-9-6-11;2-1(3)4/h2-9H,1H3;1-4,6-7,9H,5H2,(H,11,12);6-7H,2-5H2,1H3,(H,9,11);1,4H. The van der Waals surface area contributed by atoms with E-state index in [2.05, 4.69) is 27.8 Å². The van der Waals surface area contributed by atoms with E-state index in [1.54, 1.807) is 23.9 Å². The van der Waals surface area contributed by atoms with E-state index in [1.807, 2.05) is 55.4 Å². The lowest BCUT2D eigenvalue weighted by Gasteiger charge is -2.20. The fraction of sp³-hybridized carbons (Fsp3) is 0.355. The van der Waals surface area contributed by atoms with Gasteiger partial charge in [0.25, 0.3) is 0 Å². The number of nitrogens with one attached hydrogen (secondary N) is 2. The van der Waals surface area contributed by atoms with Gasteiger partial charge in [-0.25, -0.2) is 4.39 Å². The summed E-state index contributed by atoms with van der Waals surface area (Å²) >= 11 is 1.80. The van der Waals surface area contributed by atoms with Crippen LogP contribution in [0.15, 0.2) is 76.8 Å². The maximum Gasteiger partial charge on any atom is 0.342 e. The SMILES string of the molecule is CC1CCCN1C(=O)CNC=O.Cc1cccc(Oc2ccc(F)cc2)c1.O=CNCC1=CC2C=NC=CC2S1.OC(F)F. The molecule has 9 nitrogen and oxygen atoms in total. The van der Waals surface area contributed by atoms with Crippen molar-refractivity contribution in [2.75, 3.05) is 19.6 Å². The van der Waals surface area contributed by atoms with Crippen LogP contribution in [-0.4, -0.2) is 72.5 Å². The molecule has 238 valence electrons. The highest BCUT2D eigenvalue weighted by atomic mass is 32.2. The van der Waals surface area contributed by atoms with Crippen molar-refractivity contribution in [3.8, 4) is 11.5 Å². The van der Waals surface area contributed by atoms with Crippen molar-refractivity contribution in [3.05, 3.63) is 83.2 Å². The van der Waals surface area contributed by atoms with Crippen LogP contribution in [0, 0.1) is 18.7 Å². The summed E-state index contributed by atoms with van der Waals surface area (Å²) in [6.45, 7) is 2.47. The number of thioether (sulfide) groups is 1. The minimum atomic E-state index is -3.17. The van der Waals surface area contributed by atoms with Crippen molar-refractivity contribution in [1.29, 1.82) is 0 Å². The van der Waals surface area contributed by atoms with Crippen molar-refractivity contribution < 1.29 is 37.4 Å². The smallest absolute Gasteiger partial charge is 0.342 e. The van der Waals surface area contributed by atoms with Crippen LogP contribution >= 0.6 is 11.8 Å². The molecule has 0 saturated carbocycles. The number of aliphatic hydroxyl groups is 1. The number of hydrogen-bond acceptors (Lipinski definition) is 7. The summed E-state index contributed by atoms with van der Waals surface area (Å²) in [6, 6.07) is 14.0. The van der Waals surface area contributed by atoms with Crippen LogP contribution in [0.4, 0.5) is 13.2 Å². The first-order valence-corrected chi connectivity index (χ1v) is 14.7. The van der Waals surface area contributed by atoms with E-state index in [4.69, 9.17) is 9.84 Å². The van der Waals surface area contributed by atoms with Crippen molar-refractivity contribution in [2.24, 2.45) is 10.9 Å². The Morgan fingerprint density at radius 2 is 1.86 bits per heavy atom. The Balaban J connectivity index is 0.000000218. The second-order valence-corrected chi connectivity index (χ2v) is 11.0. The number of benzene rings is 2. The first kappa shape index (κ1) is 36.1. The maximum atomic E-state index is 12.6. The summed E-state index contributed by atoms with van der Waals surface area (Å²) in [6.07, 6.45) is 11.5. The number of fused-ring (bicyclic) bond motifs is 1. The van der Waals surface area contributed by atoms with E-state index in [1.165, 1.54) is 17.0 Å². The van der Waals surface area contributed by atoms with Gasteiger partial charge in [0.05, 0.1) is 6.54 Å². The molecular formula is C31H37F3N4O5S. The number of hydrogen-bond donors (Lipinski definition) is 3. The molecule has 0 aromatic heterocycles. The molecule has 13 heteroatoms. The number of aliphatic hydroxyl groups excluding tert-OH is 1. The molecule has 0 bridgehead atoms.